The van der Waals surface area contributed by atoms with Crippen molar-refractivity contribution >= 4 is 27.4 Å². The number of carboxylic acids is 1. The van der Waals surface area contributed by atoms with Crippen molar-refractivity contribution < 1.29 is 23.1 Å². The number of hydrogen-bond donors (Lipinski definition) is 1. The van der Waals surface area contributed by atoms with Gasteiger partial charge in [0.15, 0.2) is 9.84 Å². The van der Waals surface area contributed by atoms with Crippen LogP contribution in [-0.4, -0.2) is 42.4 Å². The van der Waals surface area contributed by atoms with Crippen LogP contribution in [-0.2, 0) is 25.8 Å². The zero-order valence-electron chi connectivity index (χ0n) is 10.5. The summed E-state index contributed by atoms with van der Waals surface area (Å²) >= 11 is 0. The third-order valence-corrected chi connectivity index (χ3v) is 6.30. The number of piperidine rings is 1. The number of aliphatic carboxylic acids is 1. The van der Waals surface area contributed by atoms with Crippen molar-refractivity contribution in [3.05, 3.63) is 29.8 Å². The lowest BCUT2D eigenvalue weighted by molar-refractivity contribution is -0.136. The third-order valence-electron chi connectivity index (χ3n) is 3.84. The van der Waals surface area contributed by atoms with Crippen LogP contribution >= 0.6 is 0 Å². The Labute approximate surface area is 115 Å². The number of hydrogen-bond acceptors (Lipinski definition) is 4. The molecule has 1 aromatic carbocycles. The van der Waals surface area contributed by atoms with Gasteiger partial charge < -0.3 is 10.0 Å². The molecule has 0 spiro atoms. The van der Waals surface area contributed by atoms with Gasteiger partial charge in [-0.3, -0.25) is 9.59 Å². The molecule has 3 heterocycles. The van der Waals surface area contributed by atoms with Crippen LogP contribution in [0.3, 0.4) is 0 Å². The maximum atomic E-state index is 12.1. The van der Waals surface area contributed by atoms with Crippen LogP contribution < -0.4 is 4.90 Å². The highest BCUT2D eigenvalue weighted by Crippen LogP contribution is 2.38. The van der Waals surface area contributed by atoms with Gasteiger partial charge in [0.2, 0.25) is 5.91 Å². The van der Waals surface area contributed by atoms with E-state index in [2.05, 4.69) is 0 Å². The molecule has 3 saturated heterocycles. The van der Waals surface area contributed by atoms with Crippen molar-refractivity contribution in [3.8, 4) is 0 Å². The number of fused-ring (bicyclic) bond motifs is 2. The molecule has 3 aliphatic rings. The van der Waals surface area contributed by atoms with E-state index in [4.69, 9.17) is 5.11 Å². The predicted molar refractivity (Wildman–Crippen MR) is 71.2 cm³/mol. The van der Waals surface area contributed by atoms with Gasteiger partial charge in [-0.2, -0.15) is 0 Å². The maximum absolute atomic E-state index is 12.1. The van der Waals surface area contributed by atoms with Crippen molar-refractivity contribution in [3.63, 3.8) is 0 Å². The predicted octanol–water partition coefficient (Wildman–Crippen LogP) is 0.216. The average molecular weight is 295 g/mol. The molecule has 0 aliphatic carbocycles. The highest BCUT2D eigenvalue weighted by Gasteiger charge is 2.57. The Balaban J connectivity index is 1.88. The minimum Gasteiger partial charge on any atom is -0.481 e. The number of benzene rings is 1. The summed E-state index contributed by atoms with van der Waals surface area (Å²) < 4.78 is 23.4. The summed E-state index contributed by atoms with van der Waals surface area (Å²) in [6.07, 6.45) is 0.285. The quantitative estimate of drug-likeness (QED) is 0.861. The first-order chi connectivity index (χ1) is 9.39. The van der Waals surface area contributed by atoms with E-state index in [0.29, 0.717) is 17.7 Å². The fraction of sp³-hybridized carbons (Fsp3) is 0.385. The molecular formula is C13H13NO5S. The Morgan fingerprint density at radius 2 is 2.15 bits per heavy atom. The Morgan fingerprint density at radius 3 is 2.75 bits per heavy atom. The molecule has 106 valence electrons. The highest BCUT2D eigenvalue weighted by atomic mass is 32.2. The van der Waals surface area contributed by atoms with Crippen LogP contribution in [0.15, 0.2) is 24.3 Å². The zero-order valence-corrected chi connectivity index (χ0v) is 11.3. The number of nitrogens with zero attached hydrogens (tertiary/aromatic N) is 1. The molecule has 4 rings (SSSR count). The number of carbonyl (C=O) groups is 2. The van der Waals surface area contributed by atoms with Gasteiger partial charge in [-0.05, 0) is 24.1 Å². The molecule has 1 amide bonds. The lowest BCUT2D eigenvalue weighted by Gasteiger charge is -2.45. The molecule has 0 radical (unpaired) electrons. The van der Waals surface area contributed by atoms with Crippen LogP contribution in [0.5, 0.6) is 0 Å². The molecule has 2 atom stereocenters. The van der Waals surface area contributed by atoms with Crippen LogP contribution in [0.25, 0.3) is 0 Å². The number of sulfone groups is 1. The van der Waals surface area contributed by atoms with Gasteiger partial charge in [0.25, 0.3) is 0 Å². The van der Waals surface area contributed by atoms with Gasteiger partial charge in [0.05, 0.1) is 11.7 Å². The first-order valence-corrected chi connectivity index (χ1v) is 7.85. The van der Waals surface area contributed by atoms with Gasteiger partial charge in [-0.25, -0.2) is 8.42 Å². The topological polar surface area (TPSA) is 91.8 Å². The summed E-state index contributed by atoms with van der Waals surface area (Å²) in [5.74, 6) is -1.35. The largest absolute Gasteiger partial charge is 0.481 e. The van der Waals surface area contributed by atoms with Crippen molar-refractivity contribution in [2.24, 2.45) is 0 Å². The SMILES string of the molecule is O=C(O)Cc1cccc(N2CC3CC(C2=O)S3(=O)=O)c1. The van der Waals surface area contributed by atoms with Crippen LogP contribution in [0, 0.1) is 0 Å². The van der Waals surface area contributed by atoms with E-state index in [9.17, 15) is 18.0 Å². The van der Waals surface area contributed by atoms with E-state index in [-0.39, 0.29) is 13.0 Å². The lowest BCUT2D eigenvalue weighted by atomic mass is 10.1. The van der Waals surface area contributed by atoms with Crippen molar-refractivity contribution in [2.45, 2.75) is 23.3 Å². The molecule has 2 unspecified atom stereocenters. The zero-order chi connectivity index (χ0) is 14.5. The molecule has 0 saturated carbocycles. The summed E-state index contributed by atoms with van der Waals surface area (Å²) in [6, 6.07) is 6.67. The van der Waals surface area contributed by atoms with Crippen LogP contribution in [0.1, 0.15) is 12.0 Å². The highest BCUT2D eigenvalue weighted by molar-refractivity contribution is 7.95. The summed E-state index contributed by atoms with van der Waals surface area (Å²) in [5.41, 5.74) is 1.16. The van der Waals surface area contributed by atoms with Gasteiger partial charge in [0, 0.05) is 12.2 Å². The monoisotopic (exact) mass is 295 g/mol. The van der Waals surface area contributed by atoms with E-state index in [1.165, 1.54) is 4.90 Å². The van der Waals surface area contributed by atoms with Crippen molar-refractivity contribution in [1.82, 2.24) is 0 Å². The van der Waals surface area contributed by atoms with E-state index < -0.39 is 32.2 Å². The fourth-order valence-corrected chi connectivity index (χ4v) is 4.58. The van der Waals surface area contributed by atoms with Gasteiger partial charge in [0.1, 0.15) is 5.25 Å². The van der Waals surface area contributed by atoms with E-state index in [1.54, 1.807) is 24.3 Å². The number of amides is 1. The molecule has 1 N–H and O–H groups in total. The second-order valence-electron chi connectivity index (χ2n) is 5.12. The number of carboxylic acid groups (broad SMARTS) is 1. The Hall–Kier alpha value is -1.89. The molecule has 3 aliphatic heterocycles. The Kier molecular flexibility index (Phi) is 2.82. The smallest absolute Gasteiger partial charge is 0.307 e. The van der Waals surface area contributed by atoms with Crippen LogP contribution in [0.4, 0.5) is 5.69 Å². The second kappa shape index (κ2) is 4.31. The standard InChI is InChI=1S/C13H13NO5S/c15-12(16)5-8-2-1-3-9(4-8)14-7-10-6-11(13(14)17)20(10,18)19/h1-4,10-11H,5-7H2,(H,15,16). The minimum atomic E-state index is -3.27. The van der Waals surface area contributed by atoms with E-state index >= 15 is 0 Å². The molecule has 1 aromatic rings. The van der Waals surface area contributed by atoms with Gasteiger partial charge in [-0.15, -0.1) is 0 Å². The minimum absolute atomic E-state index is 0.124. The second-order valence-corrected chi connectivity index (χ2v) is 7.54. The molecule has 7 heteroatoms. The molecule has 2 bridgehead atoms. The maximum Gasteiger partial charge on any atom is 0.307 e. The molecule has 3 fully saturated rings. The number of rotatable bonds is 3. The molecule has 6 nitrogen and oxygen atoms in total. The number of carbonyl (C=O) groups excluding carboxylic acids is 1. The molecule has 0 aromatic heterocycles. The third kappa shape index (κ3) is 1.89. The average Bonchev–Trinajstić information content (AvgIpc) is 2.37. The van der Waals surface area contributed by atoms with Crippen molar-refractivity contribution in [1.29, 1.82) is 0 Å². The summed E-state index contributed by atoms with van der Waals surface area (Å²) in [7, 11) is -3.27. The van der Waals surface area contributed by atoms with Crippen molar-refractivity contribution in [2.75, 3.05) is 11.4 Å². The summed E-state index contributed by atoms with van der Waals surface area (Å²) in [6.45, 7) is 0.161. The first kappa shape index (κ1) is 13.1. The van der Waals surface area contributed by atoms with E-state index in [0.717, 1.165) is 0 Å². The summed E-state index contributed by atoms with van der Waals surface area (Å²) in [5, 5.41) is 7.39. The van der Waals surface area contributed by atoms with Crippen LogP contribution in [0.2, 0.25) is 0 Å². The Bertz CT molecular complexity index is 696. The molecule has 20 heavy (non-hydrogen) atoms. The first-order valence-electron chi connectivity index (χ1n) is 6.24. The molecular weight excluding hydrogens is 282 g/mol. The normalized spacial score (nSPS) is 27.0. The summed E-state index contributed by atoms with van der Waals surface area (Å²) in [4.78, 5) is 24.3. The number of anilines is 1. The van der Waals surface area contributed by atoms with Gasteiger partial charge >= 0.3 is 5.97 Å². The fourth-order valence-electron chi connectivity index (χ4n) is 2.75. The van der Waals surface area contributed by atoms with E-state index in [1.807, 2.05) is 0 Å². The lowest BCUT2D eigenvalue weighted by Crippen LogP contribution is -2.65. The Morgan fingerprint density at radius 1 is 1.40 bits per heavy atom. The van der Waals surface area contributed by atoms with Gasteiger partial charge in [-0.1, -0.05) is 12.1 Å².